The minimum atomic E-state index is -4.37. The van der Waals surface area contributed by atoms with E-state index >= 15 is 0 Å². The average molecular weight is 328 g/mol. The first-order valence-electron chi connectivity index (χ1n) is 6.53. The van der Waals surface area contributed by atoms with Gasteiger partial charge in [-0.15, -0.1) is 11.8 Å². The van der Waals surface area contributed by atoms with Crippen molar-refractivity contribution in [2.75, 3.05) is 13.7 Å². The van der Waals surface area contributed by atoms with Gasteiger partial charge in [0.2, 0.25) is 0 Å². The van der Waals surface area contributed by atoms with E-state index in [-0.39, 0.29) is 5.75 Å². The summed E-state index contributed by atoms with van der Waals surface area (Å²) < 4.78 is 47.2. The quantitative estimate of drug-likeness (QED) is 0.701. The maximum absolute atomic E-state index is 12.3. The van der Waals surface area contributed by atoms with Gasteiger partial charge in [-0.1, -0.05) is 36.4 Å². The molecule has 0 atom stereocenters. The van der Waals surface area contributed by atoms with E-state index in [0.29, 0.717) is 16.4 Å². The predicted molar refractivity (Wildman–Crippen MR) is 80.5 cm³/mol. The van der Waals surface area contributed by atoms with E-state index in [4.69, 9.17) is 9.47 Å². The summed E-state index contributed by atoms with van der Waals surface area (Å²) in [5.74, 6) is 1.29. The molecule has 0 aliphatic rings. The Bertz CT molecular complexity index is 600. The van der Waals surface area contributed by atoms with Gasteiger partial charge < -0.3 is 9.47 Å². The topological polar surface area (TPSA) is 18.5 Å². The van der Waals surface area contributed by atoms with Crippen molar-refractivity contribution in [3.8, 4) is 11.5 Å². The van der Waals surface area contributed by atoms with Gasteiger partial charge in [0.05, 0.1) is 12.0 Å². The zero-order chi connectivity index (χ0) is 16.0. The van der Waals surface area contributed by atoms with Crippen molar-refractivity contribution in [1.29, 1.82) is 0 Å². The summed E-state index contributed by atoms with van der Waals surface area (Å²) in [5.41, 5.74) is 1.07. The summed E-state index contributed by atoms with van der Waals surface area (Å²) in [5, 5.41) is 0. The molecular weight excluding hydrogens is 313 g/mol. The van der Waals surface area contributed by atoms with Crippen LogP contribution >= 0.6 is 11.8 Å². The van der Waals surface area contributed by atoms with Crippen molar-refractivity contribution in [3.63, 3.8) is 0 Å². The van der Waals surface area contributed by atoms with Crippen molar-refractivity contribution in [3.05, 3.63) is 54.1 Å². The van der Waals surface area contributed by atoms with Crippen LogP contribution in [0.3, 0.4) is 0 Å². The Kier molecular flexibility index (Phi) is 5.60. The van der Waals surface area contributed by atoms with E-state index in [2.05, 4.69) is 0 Å². The molecule has 0 aliphatic heterocycles. The molecule has 22 heavy (non-hydrogen) atoms. The van der Waals surface area contributed by atoms with Crippen LogP contribution in [-0.4, -0.2) is 19.9 Å². The van der Waals surface area contributed by atoms with Crippen LogP contribution in [0.1, 0.15) is 5.56 Å². The summed E-state index contributed by atoms with van der Waals surface area (Å²) in [7, 11) is 1.48. The lowest BCUT2D eigenvalue weighted by Gasteiger charge is -2.15. The van der Waals surface area contributed by atoms with E-state index in [1.165, 1.54) is 24.9 Å². The Morgan fingerprint density at radius 2 is 1.64 bits per heavy atom. The van der Waals surface area contributed by atoms with Gasteiger partial charge in [-0.2, -0.15) is 13.2 Å². The molecule has 2 aromatic carbocycles. The first-order chi connectivity index (χ1) is 10.5. The van der Waals surface area contributed by atoms with Crippen LogP contribution in [0.2, 0.25) is 0 Å². The Hall–Kier alpha value is -1.82. The van der Waals surface area contributed by atoms with Gasteiger partial charge in [0, 0.05) is 5.75 Å². The molecule has 0 fully saturated rings. The van der Waals surface area contributed by atoms with Gasteiger partial charge in [0.25, 0.3) is 0 Å². The maximum atomic E-state index is 12.3. The van der Waals surface area contributed by atoms with Crippen LogP contribution in [0.15, 0.2) is 53.4 Å². The highest BCUT2D eigenvalue weighted by Crippen LogP contribution is 2.39. The fourth-order valence-corrected chi connectivity index (χ4v) is 2.87. The van der Waals surface area contributed by atoms with Crippen LogP contribution < -0.4 is 9.47 Å². The minimum Gasteiger partial charge on any atom is -0.495 e. The predicted octanol–water partition coefficient (Wildman–Crippen LogP) is 4.93. The van der Waals surface area contributed by atoms with Gasteiger partial charge in [0.15, 0.2) is 6.61 Å². The van der Waals surface area contributed by atoms with Crippen LogP contribution in [0.25, 0.3) is 0 Å². The van der Waals surface area contributed by atoms with Crippen LogP contribution in [0, 0.1) is 0 Å². The third kappa shape index (κ3) is 4.87. The molecule has 2 nitrogen and oxygen atoms in total. The number of ether oxygens (including phenoxy) is 2. The van der Waals surface area contributed by atoms with Gasteiger partial charge in [-0.25, -0.2) is 0 Å². The summed E-state index contributed by atoms with van der Waals surface area (Å²) in [6.07, 6.45) is -4.37. The Balaban J connectivity index is 2.16. The number of hydrogen-bond donors (Lipinski definition) is 0. The van der Waals surface area contributed by atoms with Crippen molar-refractivity contribution in [2.45, 2.75) is 16.8 Å². The van der Waals surface area contributed by atoms with E-state index in [1.807, 2.05) is 30.3 Å². The second kappa shape index (κ2) is 7.45. The molecule has 6 heteroatoms. The first kappa shape index (κ1) is 16.5. The molecular formula is C16H15F3O2S. The molecule has 118 valence electrons. The van der Waals surface area contributed by atoms with Gasteiger partial charge in [-0.05, 0) is 17.7 Å². The Morgan fingerprint density at radius 3 is 2.27 bits per heavy atom. The molecule has 0 radical (unpaired) electrons. The molecule has 0 saturated heterocycles. The molecule has 0 heterocycles. The maximum Gasteiger partial charge on any atom is 0.422 e. The smallest absolute Gasteiger partial charge is 0.422 e. The average Bonchev–Trinajstić information content (AvgIpc) is 2.51. The molecule has 0 unspecified atom stereocenters. The number of methoxy groups -OCH3 is 1. The number of rotatable bonds is 6. The lowest BCUT2D eigenvalue weighted by atomic mass is 10.2. The van der Waals surface area contributed by atoms with Crippen LogP contribution in [0.4, 0.5) is 13.2 Å². The zero-order valence-electron chi connectivity index (χ0n) is 11.9. The molecule has 2 aromatic rings. The molecule has 0 aromatic heterocycles. The fraction of sp³-hybridized carbons (Fsp3) is 0.250. The minimum absolute atomic E-state index is 0.178. The Morgan fingerprint density at radius 1 is 0.955 bits per heavy atom. The first-order valence-corrected chi connectivity index (χ1v) is 7.51. The third-order valence-corrected chi connectivity index (χ3v) is 3.95. The number of hydrogen-bond acceptors (Lipinski definition) is 3. The highest BCUT2D eigenvalue weighted by Gasteiger charge is 2.29. The summed E-state index contributed by atoms with van der Waals surface area (Å²) in [6, 6.07) is 14.5. The van der Waals surface area contributed by atoms with Crippen LogP contribution in [-0.2, 0) is 5.75 Å². The second-order valence-corrected chi connectivity index (χ2v) is 5.45. The van der Waals surface area contributed by atoms with E-state index in [0.717, 1.165) is 5.56 Å². The highest BCUT2D eigenvalue weighted by molar-refractivity contribution is 7.98. The highest BCUT2D eigenvalue weighted by atomic mass is 32.2. The van der Waals surface area contributed by atoms with E-state index < -0.39 is 12.8 Å². The van der Waals surface area contributed by atoms with Gasteiger partial charge >= 0.3 is 6.18 Å². The molecule has 0 bridgehead atoms. The van der Waals surface area contributed by atoms with Crippen molar-refractivity contribution >= 4 is 11.8 Å². The standard InChI is InChI=1S/C16H15F3O2S/c1-20-13-8-5-9-14(21-11-16(17,18)19)15(13)22-10-12-6-3-2-4-7-12/h2-9H,10-11H2,1H3. The van der Waals surface area contributed by atoms with Gasteiger partial charge in [0.1, 0.15) is 11.5 Å². The number of thioether (sulfide) groups is 1. The summed E-state index contributed by atoms with van der Waals surface area (Å²) in [4.78, 5) is 0.568. The third-order valence-electron chi connectivity index (χ3n) is 2.78. The van der Waals surface area contributed by atoms with Crippen molar-refractivity contribution < 1.29 is 22.6 Å². The summed E-state index contributed by atoms with van der Waals surface area (Å²) >= 11 is 1.38. The van der Waals surface area contributed by atoms with E-state index in [9.17, 15) is 13.2 Å². The normalized spacial score (nSPS) is 11.3. The van der Waals surface area contributed by atoms with Crippen molar-refractivity contribution in [1.82, 2.24) is 0 Å². The monoisotopic (exact) mass is 328 g/mol. The fourth-order valence-electron chi connectivity index (χ4n) is 1.80. The lowest BCUT2D eigenvalue weighted by molar-refractivity contribution is -0.153. The second-order valence-electron chi connectivity index (χ2n) is 4.47. The number of halogens is 3. The number of benzene rings is 2. The largest absolute Gasteiger partial charge is 0.495 e. The Labute approximate surface area is 131 Å². The SMILES string of the molecule is COc1cccc(OCC(F)(F)F)c1SCc1ccccc1. The van der Waals surface area contributed by atoms with Gasteiger partial charge in [-0.3, -0.25) is 0 Å². The summed E-state index contributed by atoms with van der Waals surface area (Å²) in [6.45, 7) is -1.32. The van der Waals surface area contributed by atoms with Crippen LogP contribution in [0.5, 0.6) is 11.5 Å². The van der Waals surface area contributed by atoms with Crippen molar-refractivity contribution in [2.24, 2.45) is 0 Å². The molecule has 0 spiro atoms. The number of alkyl halides is 3. The van der Waals surface area contributed by atoms with E-state index in [1.54, 1.807) is 12.1 Å². The molecule has 0 amide bonds. The molecule has 2 rings (SSSR count). The molecule has 0 saturated carbocycles. The zero-order valence-corrected chi connectivity index (χ0v) is 12.7. The molecule has 0 aliphatic carbocycles. The lowest BCUT2D eigenvalue weighted by Crippen LogP contribution is -2.19. The molecule has 0 N–H and O–H groups in total.